The van der Waals surface area contributed by atoms with Crippen molar-refractivity contribution in [3.8, 4) is 5.75 Å². The van der Waals surface area contributed by atoms with Crippen LogP contribution in [-0.2, 0) is 6.61 Å². The molecular weight excluding hydrogens is 457 g/mol. The van der Waals surface area contributed by atoms with Crippen LogP contribution in [0, 0.1) is 19.7 Å². The highest BCUT2D eigenvalue weighted by molar-refractivity contribution is 6.31. The minimum absolute atomic E-state index is 0.109. The van der Waals surface area contributed by atoms with E-state index in [-0.39, 0.29) is 12.4 Å². The number of primary amides is 1. The van der Waals surface area contributed by atoms with Gasteiger partial charge < -0.3 is 15.6 Å². The van der Waals surface area contributed by atoms with Gasteiger partial charge in [-0.2, -0.15) is 0 Å². The molecule has 34 heavy (non-hydrogen) atoms. The zero-order valence-corrected chi connectivity index (χ0v) is 21.2. The Kier molecular flexibility index (Phi) is 14.6. The second-order valence-electron chi connectivity index (χ2n) is 6.59. The molecule has 0 fully saturated rings. The summed E-state index contributed by atoms with van der Waals surface area (Å²) in [6, 6.07) is 15.9. The van der Waals surface area contributed by atoms with Gasteiger partial charge in [0.05, 0.1) is 5.56 Å². The van der Waals surface area contributed by atoms with Gasteiger partial charge in [-0.1, -0.05) is 63.1 Å². The van der Waals surface area contributed by atoms with Crippen molar-refractivity contribution in [2.75, 3.05) is 0 Å². The third-order valence-electron chi connectivity index (χ3n) is 4.05. The van der Waals surface area contributed by atoms with E-state index in [4.69, 9.17) is 27.2 Å². The molecule has 5 nitrogen and oxygen atoms in total. The molecule has 3 aromatic rings. The lowest BCUT2D eigenvalue weighted by atomic mass is 10.1. The zero-order valence-electron chi connectivity index (χ0n) is 20.5. The number of carboxylic acids is 1. The molecule has 3 rings (SSSR count). The van der Waals surface area contributed by atoms with E-state index in [9.17, 15) is 14.0 Å². The molecule has 3 N–H and O–H groups in total. The lowest BCUT2D eigenvalue weighted by Gasteiger charge is -2.10. The summed E-state index contributed by atoms with van der Waals surface area (Å²) in [5.74, 6) is -1.43. The number of hydrogen-bond donors (Lipinski definition) is 2. The number of carbonyl (C=O) groups is 2. The Morgan fingerprint density at radius 2 is 1.50 bits per heavy atom. The minimum Gasteiger partial charge on any atom is -0.489 e. The van der Waals surface area contributed by atoms with Crippen LogP contribution in [0.5, 0.6) is 5.75 Å². The number of amides is 1. The second-order valence-corrected chi connectivity index (χ2v) is 7.03. The molecule has 0 aliphatic carbocycles. The number of aryl methyl sites for hydroxylation is 2. The fourth-order valence-electron chi connectivity index (χ4n) is 2.55. The molecule has 3 aromatic carbocycles. The maximum absolute atomic E-state index is 13.2. The lowest BCUT2D eigenvalue weighted by Crippen LogP contribution is -2.14. The molecule has 0 saturated carbocycles. The Morgan fingerprint density at radius 3 is 2.00 bits per heavy atom. The number of halogens is 2. The molecular formula is C27H33ClFNO4. The number of carboxylic acid groups (broad SMARTS) is 1. The molecule has 0 bridgehead atoms. The van der Waals surface area contributed by atoms with Gasteiger partial charge in [-0.15, -0.1) is 0 Å². The van der Waals surface area contributed by atoms with Crippen LogP contribution in [0.3, 0.4) is 0 Å². The number of carbonyl (C=O) groups excluding carboxylic acids is 1. The highest BCUT2D eigenvalue weighted by atomic mass is 35.5. The van der Waals surface area contributed by atoms with Gasteiger partial charge in [-0.3, -0.25) is 4.79 Å². The molecule has 0 saturated heterocycles. The Labute approximate surface area is 206 Å². The van der Waals surface area contributed by atoms with E-state index in [1.807, 2.05) is 34.6 Å². The number of nitrogens with two attached hydrogens (primary N) is 1. The Hall–Kier alpha value is -3.38. The Morgan fingerprint density at radius 1 is 0.912 bits per heavy atom. The van der Waals surface area contributed by atoms with Gasteiger partial charge in [-0.05, 0) is 55.8 Å². The van der Waals surface area contributed by atoms with Crippen molar-refractivity contribution in [3.05, 3.63) is 99.3 Å². The zero-order chi connectivity index (χ0) is 26.3. The first-order chi connectivity index (χ1) is 16.2. The van der Waals surface area contributed by atoms with Crippen molar-refractivity contribution < 1.29 is 23.8 Å². The van der Waals surface area contributed by atoms with E-state index in [2.05, 4.69) is 0 Å². The molecule has 1 amide bonds. The average molecular weight is 490 g/mol. The quantitative estimate of drug-likeness (QED) is 0.396. The van der Waals surface area contributed by atoms with Crippen molar-refractivity contribution >= 4 is 23.5 Å². The normalized spacial score (nSPS) is 9.18. The van der Waals surface area contributed by atoms with Gasteiger partial charge in [0, 0.05) is 22.2 Å². The van der Waals surface area contributed by atoms with Crippen molar-refractivity contribution in [2.45, 2.75) is 48.1 Å². The predicted molar refractivity (Wildman–Crippen MR) is 136 cm³/mol. The van der Waals surface area contributed by atoms with Gasteiger partial charge in [0.15, 0.2) is 0 Å². The molecule has 0 atom stereocenters. The molecule has 7 heteroatoms. The van der Waals surface area contributed by atoms with E-state index < -0.39 is 11.9 Å². The molecule has 0 aromatic heterocycles. The van der Waals surface area contributed by atoms with Crippen LogP contribution < -0.4 is 10.5 Å². The number of ether oxygens (including phenoxy) is 1. The number of aromatic carboxylic acids is 1. The van der Waals surface area contributed by atoms with Crippen molar-refractivity contribution in [3.63, 3.8) is 0 Å². The molecule has 0 spiro atoms. The summed E-state index contributed by atoms with van der Waals surface area (Å²) < 4.78 is 18.7. The highest BCUT2D eigenvalue weighted by Gasteiger charge is 2.10. The van der Waals surface area contributed by atoms with Gasteiger partial charge in [-0.25, -0.2) is 9.18 Å². The summed E-state index contributed by atoms with van der Waals surface area (Å²) in [4.78, 5) is 21.7. The summed E-state index contributed by atoms with van der Waals surface area (Å²) in [7, 11) is 0. The first-order valence-corrected chi connectivity index (χ1v) is 11.3. The standard InChI is InChI=1S/C15H13ClFNO2.C8H8O2.2C2H6/c1-9-4-12(17)7-13(5-9)20-8-10-2-3-11(16)6-14(10)15(18)19;1-6-2-4-7(5-3-6)8(9)10;2*1-2/h2-7H,8H2,1H3,(H2,18,19);2-5H,1H3,(H,9,10);2*1-2H3. The predicted octanol–water partition coefficient (Wildman–Crippen LogP) is 7.21. The summed E-state index contributed by atoms with van der Waals surface area (Å²) in [6.45, 7) is 11.8. The smallest absolute Gasteiger partial charge is 0.335 e. The van der Waals surface area contributed by atoms with Crippen LogP contribution in [0.25, 0.3) is 0 Å². The van der Waals surface area contributed by atoms with Crippen LogP contribution in [-0.4, -0.2) is 17.0 Å². The van der Waals surface area contributed by atoms with Gasteiger partial charge >= 0.3 is 5.97 Å². The summed E-state index contributed by atoms with van der Waals surface area (Å²) in [5, 5.41) is 8.90. The van der Waals surface area contributed by atoms with Gasteiger partial charge in [0.25, 0.3) is 0 Å². The molecule has 0 aliphatic rings. The molecule has 0 unspecified atom stereocenters. The van der Waals surface area contributed by atoms with Crippen molar-refractivity contribution in [1.82, 2.24) is 0 Å². The fraction of sp³-hybridized carbons (Fsp3) is 0.259. The van der Waals surface area contributed by atoms with Crippen LogP contribution in [0.15, 0.2) is 60.7 Å². The number of rotatable bonds is 5. The van der Waals surface area contributed by atoms with Crippen LogP contribution in [0.4, 0.5) is 4.39 Å². The van der Waals surface area contributed by atoms with E-state index in [0.29, 0.717) is 27.5 Å². The maximum atomic E-state index is 13.2. The lowest BCUT2D eigenvalue weighted by molar-refractivity contribution is 0.0696. The molecule has 0 heterocycles. The van der Waals surface area contributed by atoms with Gasteiger partial charge in [0.2, 0.25) is 5.91 Å². The SMILES string of the molecule is CC.CC.Cc1cc(F)cc(OCc2ccc(Cl)cc2C(N)=O)c1.Cc1ccc(C(=O)O)cc1. The van der Waals surface area contributed by atoms with Crippen LogP contribution in [0.1, 0.15) is 65.1 Å². The first kappa shape index (κ1) is 30.6. The third-order valence-corrected chi connectivity index (χ3v) is 4.28. The minimum atomic E-state index is -0.875. The number of hydrogen-bond acceptors (Lipinski definition) is 3. The van der Waals surface area contributed by atoms with E-state index in [0.717, 1.165) is 11.1 Å². The molecule has 184 valence electrons. The van der Waals surface area contributed by atoms with Crippen LogP contribution >= 0.6 is 11.6 Å². The maximum Gasteiger partial charge on any atom is 0.335 e. The van der Waals surface area contributed by atoms with Gasteiger partial charge in [0.1, 0.15) is 18.2 Å². The fourth-order valence-corrected chi connectivity index (χ4v) is 2.72. The Balaban J connectivity index is 0.000000653. The third kappa shape index (κ3) is 11.0. The van der Waals surface area contributed by atoms with E-state index in [1.54, 1.807) is 49.4 Å². The van der Waals surface area contributed by atoms with E-state index in [1.165, 1.54) is 18.2 Å². The first-order valence-electron chi connectivity index (χ1n) is 10.9. The average Bonchev–Trinajstić information content (AvgIpc) is 2.81. The largest absolute Gasteiger partial charge is 0.489 e. The summed E-state index contributed by atoms with van der Waals surface area (Å²) in [5.41, 5.74) is 8.35. The molecule has 0 aliphatic heterocycles. The Bertz CT molecular complexity index is 1030. The molecule has 0 radical (unpaired) electrons. The monoisotopic (exact) mass is 489 g/mol. The van der Waals surface area contributed by atoms with E-state index >= 15 is 0 Å². The topological polar surface area (TPSA) is 89.6 Å². The number of benzene rings is 3. The highest BCUT2D eigenvalue weighted by Crippen LogP contribution is 2.20. The summed E-state index contributed by atoms with van der Waals surface area (Å²) in [6.07, 6.45) is 0. The summed E-state index contributed by atoms with van der Waals surface area (Å²) >= 11 is 5.82. The van der Waals surface area contributed by atoms with Crippen molar-refractivity contribution in [2.24, 2.45) is 5.73 Å². The van der Waals surface area contributed by atoms with Crippen LogP contribution in [0.2, 0.25) is 5.02 Å². The van der Waals surface area contributed by atoms with Crippen molar-refractivity contribution in [1.29, 1.82) is 0 Å². The second kappa shape index (κ2) is 16.3.